The zero-order chi connectivity index (χ0) is 25.7. The number of hydrogen-bond donors (Lipinski definition) is 1. The van der Waals surface area contributed by atoms with Gasteiger partial charge in [0.25, 0.3) is 6.43 Å². The van der Waals surface area contributed by atoms with Gasteiger partial charge in [0.15, 0.2) is 5.82 Å². The third kappa shape index (κ3) is 4.47. The van der Waals surface area contributed by atoms with Crippen LogP contribution in [0.4, 0.5) is 20.3 Å². The molecule has 0 aliphatic carbocycles. The van der Waals surface area contributed by atoms with Crippen molar-refractivity contribution in [2.75, 3.05) is 38.3 Å². The summed E-state index contributed by atoms with van der Waals surface area (Å²) in [5.41, 5.74) is 9.26. The molecular formula is C27H34F2N6OS. The lowest BCUT2D eigenvalue weighted by Gasteiger charge is -2.33. The number of aryl methyl sites for hydroxylation is 3. The molecule has 1 saturated heterocycles. The number of hydrogen-bond acceptors (Lipinski definition) is 7. The Morgan fingerprint density at radius 1 is 1.14 bits per heavy atom. The van der Waals surface area contributed by atoms with Crippen molar-refractivity contribution < 1.29 is 13.5 Å². The van der Waals surface area contributed by atoms with E-state index in [1.54, 1.807) is 6.07 Å². The molecular weight excluding hydrogens is 494 g/mol. The Morgan fingerprint density at radius 3 is 2.65 bits per heavy atom. The van der Waals surface area contributed by atoms with Crippen molar-refractivity contribution in [2.24, 2.45) is 0 Å². The molecule has 3 aliphatic heterocycles. The lowest BCUT2D eigenvalue weighted by Crippen LogP contribution is -2.40. The van der Waals surface area contributed by atoms with E-state index in [1.807, 2.05) is 27.0 Å². The van der Waals surface area contributed by atoms with Crippen LogP contribution in [-0.4, -0.2) is 53.1 Å². The van der Waals surface area contributed by atoms with Gasteiger partial charge in [0, 0.05) is 67.3 Å². The van der Waals surface area contributed by atoms with Gasteiger partial charge in [-0.2, -0.15) is 5.10 Å². The topological polar surface area (TPSA) is 58.5 Å². The molecule has 2 aromatic heterocycles. The Kier molecular flexibility index (Phi) is 6.77. The highest BCUT2D eigenvalue weighted by Gasteiger charge is 2.33. The van der Waals surface area contributed by atoms with E-state index in [1.165, 1.54) is 22.6 Å². The van der Waals surface area contributed by atoms with Gasteiger partial charge in [-0.3, -0.25) is 10.1 Å². The standard InChI is InChI=1S/C27H34F2N6OS/c1-16-25(37-17(2)31-16)20-13-18-5-4-9-34(24(18)14-21(20)26(28)29)27-22-15-33(30-3)10-6-23(22)35(32-27)19-7-11-36-12-8-19/h13-14,19,26,30H,4-12,15H2,1-3H3. The van der Waals surface area contributed by atoms with Crippen LogP contribution >= 0.6 is 11.3 Å². The minimum atomic E-state index is -2.57. The Hall–Kier alpha value is -2.40. The first-order valence-electron chi connectivity index (χ1n) is 13.2. The quantitative estimate of drug-likeness (QED) is 0.473. The fourth-order valence-corrected chi connectivity index (χ4v) is 7.05. The van der Waals surface area contributed by atoms with Gasteiger partial charge in [-0.1, -0.05) is 0 Å². The maximum Gasteiger partial charge on any atom is 0.264 e. The molecule has 198 valence electrons. The second-order valence-corrected chi connectivity index (χ2v) is 11.4. The van der Waals surface area contributed by atoms with Crippen LogP contribution in [0.25, 0.3) is 10.4 Å². The van der Waals surface area contributed by atoms with E-state index in [2.05, 4.69) is 25.0 Å². The zero-order valence-corrected chi connectivity index (χ0v) is 22.5. The number of hydrazine groups is 1. The van der Waals surface area contributed by atoms with E-state index in [4.69, 9.17) is 9.84 Å². The maximum absolute atomic E-state index is 14.5. The molecule has 1 N–H and O–H groups in total. The Bertz CT molecular complexity index is 1300. The molecule has 37 heavy (non-hydrogen) atoms. The van der Waals surface area contributed by atoms with Gasteiger partial charge in [-0.05, 0) is 64.3 Å². The number of nitrogens with one attached hydrogen (secondary N) is 1. The van der Waals surface area contributed by atoms with Crippen molar-refractivity contribution in [3.8, 4) is 10.4 Å². The second kappa shape index (κ2) is 10.1. The van der Waals surface area contributed by atoms with Crippen molar-refractivity contribution >= 4 is 22.8 Å². The van der Waals surface area contributed by atoms with Gasteiger partial charge < -0.3 is 9.64 Å². The van der Waals surface area contributed by atoms with Crippen LogP contribution in [0.2, 0.25) is 0 Å². The smallest absolute Gasteiger partial charge is 0.264 e. The highest BCUT2D eigenvalue weighted by Crippen LogP contribution is 2.45. The number of ether oxygens (including phenoxy) is 1. The SMILES string of the molecule is CNN1CCc2c(c(N3CCCc4cc(-c5sc(C)nc5C)c(C(F)F)cc43)nn2C2CCOCC2)C1. The van der Waals surface area contributed by atoms with Crippen molar-refractivity contribution in [3.05, 3.63) is 45.2 Å². The van der Waals surface area contributed by atoms with Crippen LogP contribution in [0.3, 0.4) is 0 Å². The average Bonchev–Trinajstić information content (AvgIpc) is 3.46. The summed E-state index contributed by atoms with van der Waals surface area (Å²) in [6.07, 6.45) is 2.06. The molecule has 0 amide bonds. The van der Waals surface area contributed by atoms with E-state index in [0.29, 0.717) is 11.6 Å². The number of alkyl halides is 2. The number of benzene rings is 1. The van der Waals surface area contributed by atoms with Crippen LogP contribution in [0.5, 0.6) is 0 Å². The normalized spacial score (nSPS) is 18.9. The van der Waals surface area contributed by atoms with E-state index in [-0.39, 0.29) is 5.56 Å². The van der Waals surface area contributed by atoms with Crippen molar-refractivity contribution in [1.82, 2.24) is 25.2 Å². The number of rotatable bonds is 5. The molecule has 0 spiro atoms. The van der Waals surface area contributed by atoms with Gasteiger partial charge in [-0.25, -0.2) is 18.8 Å². The van der Waals surface area contributed by atoms with Gasteiger partial charge in [-0.15, -0.1) is 11.3 Å². The summed E-state index contributed by atoms with van der Waals surface area (Å²) in [6, 6.07) is 4.03. The maximum atomic E-state index is 14.5. The number of fused-ring (bicyclic) bond motifs is 2. The summed E-state index contributed by atoms with van der Waals surface area (Å²) in [6.45, 7) is 7.76. The second-order valence-electron chi connectivity index (χ2n) is 10.2. The molecule has 0 radical (unpaired) electrons. The van der Waals surface area contributed by atoms with E-state index in [0.717, 1.165) is 97.6 Å². The third-order valence-electron chi connectivity index (χ3n) is 7.93. The zero-order valence-electron chi connectivity index (χ0n) is 21.7. The highest BCUT2D eigenvalue weighted by atomic mass is 32.1. The van der Waals surface area contributed by atoms with Gasteiger partial charge in [0.1, 0.15) is 0 Å². The number of thiazole rings is 1. The molecule has 10 heteroatoms. The Morgan fingerprint density at radius 2 is 1.95 bits per heavy atom. The number of nitrogens with zero attached hydrogens (tertiary/aromatic N) is 5. The van der Waals surface area contributed by atoms with Gasteiger partial charge >= 0.3 is 0 Å². The van der Waals surface area contributed by atoms with Crippen LogP contribution in [0.1, 0.15) is 64.8 Å². The van der Waals surface area contributed by atoms with E-state index >= 15 is 0 Å². The molecule has 5 heterocycles. The Labute approximate surface area is 220 Å². The first-order valence-corrected chi connectivity index (χ1v) is 14.0. The molecule has 6 rings (SSSR count). The predicted molar refractivity (Wildman–Crippen MR) is 142 cm³/mol. The summed E-state index contributed by atoms with van der Waals surface area (Å²) >= 11 is 1.49. The first-order chi connectivity index (χ1) is 17.9. The summed E-state index contributed by atoms with van der Waals surface area (Å²) in [5, 5.41) is 8.31. The summed E-state index contributed by atoms with van der Waals surface area (Å²) < 4.78 is 36.8. The van der Waals surface area contributed by atoms with Crippen LogP contribution in [0.15, 0.2) is 12.1 Å². The van der Waals surface area contributed by atoms with Crippen molar-refractivity contribution in [1.29, 1.82) is 0 Å². The molecule has 0 saturated carbocycles. The molecule has 7 nitrogen and oxygen atoms in total. The number of halogens is 2. The van der Waals surface area contributed by atoms with E-state index < -0.39 is 6.43 Å². The van der Waals surface area contributed by atoms with Crippen LogP contribution in [-0.2, 0) is 24.1 Å². The largest absolute Gasteiger partial charge is 0.381 e. The highest BCUT2D eigenvalue weighted by molar-refractivity contribution is 7.15. The molecule has 3 aromatic rings. The van der Waals surface area contributed by atoms with Crippen LogP contribution in [0, 0.1) is 13.8 Å². The van der Waals surface area contributed by atoms with Gasteiger partial charge in [0.05, 0.1) is 21.6 Å². The number of anilines is 2. The summed E-state index contributed by atoms with van der Waals surface area (Å²) in [5.74, 6) is 0.917. The van der Waals surface area contributed by atoms with Crippen molar-refractivity contribution in [2.45, 2.75) is 65.0 Å². The van der Waals surface area contributed by atoms with Gasteiger partial charge in [0.2, 0.25) is 0 Å². The molecule has 1 aromatic carbocycles. The van der Waals surface area contributed by atoms with Crippen molar-refractivity contribution in [3.63, 3.8) is 0 Å². The monoisotopic (exact) mass is 528 g/mol. The summed E-state index contributed by atoms with van der Waals surface area (Å²) in [4.78, 5) is 7.55. The third-order valence-corrected chi connectivity index (χ3v) is 9.03. The fourth-order valence-electron chi connectivity index (χ4n) is 6.09. The lowest BCUT2D eigenvalue weighted by molar-refractivity contribution is 0.0648. The van der Waals surface area contributed by atoms with E-state index in [9.17, 15) is 8.78 Å². The summed E-state index contributed by atoms with van der Waals surface area (Å²) in [7, 11) is 1.95. The molecule has 3 aliphatic rings. The average molecular weight is 529 g/mol. The fraction of sp³-hybridized carbons (Fsp3) is 0.556. The minimum absolute atomic E-state index is 0.0759. The lowest BCUT2D eigenvalue weighted by atomic mass is 9.94. The first kappa shape index (κ1) is 24.9. The Balaban J connectivity index is 1.47. The molecule has 0 unspecified atom stereocenters. The predicted octanol–water partition coefficient (Wildman–Crippen LogP) is 5.49. The molecule has 0 bridgehead atoms. The van der Waals surface area contributed by atoms with Crippen LogP contribution < -0.4 is 10.3 Å². The number of aromatic nitrogens is 3. The molecule has 1 fully saturated rings. The minimum Gasteiger partial charge on any atom is -0.381 e. The molecule has 0 atom stereocenters.